The number of piperidine rings is 1. The van der Waals surface area contributed by atoms with Gasteiger partial charge in [-0.25, -0.2) is 0 Å². The molecule has 2 heterocycles. The summed E-state index contributed by atoms with van der Waals surface area (Å²) in [5.41, 5.74) is -3.11. The zero-order chi connectivity index (χ0) is 30.0. The molecule has 222 valence electrons. The lowest BCUT2D eigenvalue weighted by atomic mass is 9.76. The highest BCUT2D eigenvalue weighted by atomic mass is 32.2. The quantitative estimate of drug-likeness (QED) is 0.323. The highest BCUT2D eigenvalue weighted by Crippen LogP contribution is 2.41. The van der Waals surface area contributed by atoms with Crippen LogP contribution in [0.4, 0.5) is 26.3 Å². The van der Waals surface area contributed by atoms with E-state index in [0.717, 1.165) is 5.56 Å². The van der Waals surface area contributed by atoms with Gasteiger partial charge in [-0.1, -0.05) is 30.3 Å². The smallest absolute Gasteiger partial charge is 0.372 e. The van der Waals surface area contributed by atoms with E-state index in [2.05, 4.69) is 10.6 Å². The number of hydrogen-bond acceptors (Lipinski definition) is 5. The predicted molar refractivity (Wildman–Crippen MR) is 134 cm³/mol. The van der Waals surface area contributed by atoms with Gasteiger partial charge in [0.1, 0.15) is 0 Å². The summed E-state index contributed by atoms with van der Waals surface area (Å²) in [7, 11) is -3.67. The second kappa shape index (κ2) is 11.7. The first-order valence-electron chi connectivity index (χ1n) is 12.3. The molecule has 3 N–H and O–H groups in total. The third kappa shape index (κ3) is 8.41. The predicted octanol–water partition coefficient (Wildman–Crippen LogP) is 5.23. The van der Waals surface area contributed by atoms with Gasteiger partial charge in [-0.3, -0.25) is 9.35 Å². The maximum Gasteiger partial charge on any atom is 0.416 e. The summed E-state index contributed by atoms with van der Waals surface area (Å²) in [4.78, 5) is 11.8. The number of carbonyl (C=O) groups excluding carboxylic acids is 1. The van der Waals surface area contributed by atoms with Gasteiger partial charge in [-0.05, 0) is 55.5 Å². The van der Waals surface area contributed by atoms with E-state index in [1.165, 1.54) is 6.92 Å². The third-order valence-electron chi connectivity index (χ3n) is 7.02. The Morgan fingerprint density at radius 2 is 1.52 bits per heavy atom. The normalized spacial score (nSPS) is 24.3. The molecular weight excluding hydrogens is 566 g/mol. The third-order valence-corrected chi connectivity index (χ3v) is 7.02. The van der Waals surface area contributed by atoms with Crippen LogP contribution in [0.1, 0.15) is 61.0 Å². The average Bonchev–Trinajstić information content (AvgIpc) is 3.22. The van der Waals surface area contributed by atoms with Crippen LogP contribution in [-0.2, 0) is 37.5 Å². The van der Waals surface area contributed by atoms with Crippen LogP contribution in [0, 0.1) is 0 Å². The molecule has 0 radical (unpaired) electrons. The first-order chi connectivity index (χ1) is 18.3. The Morgan fingerprint density at radius 1 is 0.975 bits per heavy atom. The number of halogens is 6. The molecule has 0 unspecified atom stereocenters. The Balaban J connectivity index is 0.000000810. The van der Waals surface area contributed by atoms with Crippen molar-refractivity contribution in [1.29, 1.82) is 0 Å². The van der Waals surface area contributed by atoms with Crippen LogP contribution >= 0.6 is 0 Å². The summed E-state index contributed by atoms with van der Waals surface area (Å²) >= 11 is 0. The summed E-state index contributed by atoms with van der Waals surface area (Å²) < 4.78 is 112. The van der Waals surface area contributed by atoms with Gasteiger partial charge in [-0.15, -0.1) is 0 Å². The Labute approximate surface area is 228 Å². The monoisotopic (exact) mass is 596 g/mol. The van der Waals surface area contributed by atoms with E-state index in [-0.39, 0.29) is 29.7 Å². The van der Waals surface area contributed by atoms with Gasteiger partial charge in [-0.2, -0.15) is 34.8 Å². The van der Waals surface area contributed by atoms with Crippen molar-refractivity contribution in [1.82, 2.24) is 10.6 Å². The van der Waals surface area contributed by atoms with E-state index in [4.69, 9.17) is 9.29 Å². The lowest BCUT2D eigenvalue weighted by Crippen LogP contribution is -2.61. The minimum Gasteiger partial charge on any atom is -0.372 e. The van der Waals surface area contributed by atoms with Crippen molar-refractivity contribution < 1.29 is 48.8 Å². The molecule has 1 amide bonds. The molecule has 1 spiro atoms. The van der Waals surface area contributed by atoms with Crippen molar-refractivity contribution >= 4 is 16.0 Å². The number of amides is 1. The molecule has 0 bridgehead atoms. The van der Waals surface area contributed by atoms with Crippen LogP contribution in [0.3, 0.4) is 0 Å². The van der Waals surface area contributed by atoms with Gasteiger partial charge < -0.3 is 15.4 Å². The molecule has 2 aliphatic rings. The van der Waals surface area contributed by atoms with Crippen molar-refractivity contribution in [2.24, 2.45) is 0 Å². The van der Waals surface area contributed by atoms with Gasteiger partial charge in [0, 0.05) is 13.0 Å². The molecule has 0 saturated carbocycles. The van der Waals surface area contributed by atoms with Crippen molar-refractivity contribution in [3.8, 4) is 0 Å². The largest absolute Gasteiger partial charge is 0.416 e. The molecule has 2 aromatic carbocycles. The summed E-state index contributed by atoms with van der Waals surface area (Å²) in [6.07, 6.45) is -7.77. The van der Waals surface area contributed by atoms with Gasteiger partial charge in [0.25, 0.3) is 10.1 Å². The van der Waals surface area contributed by atoms with Crippen molar-refractivity contribution in [2.45, 2.75) is 62.1 Å². The van der Waals surface area contributed by atoms with Gasteiger partial charge in [0.15, 0.2) is 0 Å². The summed E-state index contributed by atoms with van der Waals surface area (Å²) in [6.45, 7) is 1.95. The Kier molecular flexibility index (Phi) is 9.29. The zero-order valence-electron chi connectivity index (χ0n) is 21.7. The van der Waals surface area contributed by atoms with E-state index in [1.54, 1.807) is 0 Å². The molecule has 4 rings (SSSR count). The molecule has 2 fully saturated rings. The molecule has 2 saturated heterocycles. The number of carbonyl (C=O) groups is 1. The second-order valence-corrected chi connectivity index (χ2v) is 11.6. The van der Waals surface area contributed by atoms with Crippen LogP contribution in [0.2, 0.25) is 0 Å². The fourth-order valence-electron chi connectivity index (χ4n) is 4.85. The molecule has 0 aliphatic carbocycles. The average molecular weight is 597 g/mol. The first kappa shape index (κ1) is 31.8. The molecule has 2 aliphatic heterocycles. The first-order valence-corrected chi connectivity index (χ1v) is 14.1. The summed E-state index contributed by atoms with van der Waals surface area (Å²) in [6, 6.07) is 10.9. The van der Waals surface area contributed by atoms with Crippen molar-refractivity contribution in [3.63, 3.8) is 0 Å². The van der Waals surface area contributed by atoms with Crippen LogP contribution < -0.4 is 10.6 Å². The SMILES string of the molecule is CS(=O)(=O)O.C[C@@H](OC[C@@]1(c2ccccc2)CC[C@]2(CCC(=O)N2)CN1)c1cc(C(F)(F)F)cc(C(F)(F)F)c1. The van der Waals surface area contributed by atoms with Crippen molar-refractivity contribution in [2.75, 3.05) is 19.4 Å². The van der Waals surface area contributed by atoms with Crippen LogP contribution in [-0.4, -0.2) is 43.8 Å². The van der Waals surface area contributed by atoms with Gasteiger partial charge in [0.05, 0.1) is 41.2 Å². The number of ether oxygens (including phenoxy) is 1. The minimum atomic E-state index is -4.92. The topological polar surface area (TPSA) is 105 Å². The van der Waals surface area contributed by atoms with E-state index < -0.39 is 45.2 Å². The molecule has 2 aromatic rings. The van der Waals surface area contributed by atoms with E-state index in [9.17, 15) is 39.6 Å². The maximum absolute atomic E-state index is 13.3. The fourth-order valence-corrected chi connectivity index (χ4v) is 4.85. The highest BCUT2D eigenvalue weighted by Gasteiger charge is 2.47. The van der Waals surface area contributed by atoms with E-state index >= 15 is 0 Å². The Bertz CT molecular complexity index is 1250. The maximum atomic E-state index is 13.3. The Morgan fingerprint density at radius 3 is 1.95 bits per heavy atom. The summed E-state index contributed by atoms with van der Waals surface area (Å²) in [5.74, 6) is -0.00565. The summed E-state index contributed by atoms with van der Waals surface area (Å²) in [5, 5.41) is 6.52. The van der Waals surface area contributed by atoms with E-state index in [1.807, 2.05) is 30.3 Å². The fraction of sp³-hybridized carbons (Fsp3) is 0.500. The van der Waals surface area contributed by atoms with Gasteiger partial charge >= 0.3 is 12.4 Å². The highest BCUT2D eigenvalue weighted by molar-refractivity contribution is 7.85. The molecule has 3 atom stereocenters. The van der Waals surface area contributed by atoms with Crippen LogP contribution in [0.15, 0.2) is 48.5 Å². The minimum absolute atomic E-state index is 0.00565. The zero-order valence-corrected chi connectivity index (χ0v) is 22.5. The molecule has 7 nitrogen and oxygen atoms in total. The molecule has 14 heteroatoms. The second-order valence-electron chi connectivity index (χ2n) is 10.2. The molecular formula is C26H30F6N2O5S. The Hall–Kier alpha value is -2.68. The van der Waals surface area contributed by atoms with Crippen LogP contribution in [0.25, 0.3) is 0 Å². The van der Waals surface area contributed by atoms with Crippen LogP contribution in [0.5, 0.6) is 0 Å². The lowest BCUT2D eigenvalue weighted by molar-refractivity contribution is -0.143. The lowest BCUT2D eigenvalue weighted by Gasteiger charge is -2.46. The number of benzene rings is 2. The number of alkyl halides is 6. The number of rotatable bonds is 5. The van der Waals surface area contributed by atoms with Crippen molar-refractivity contribution in [3.05, 3.63) is 70.8 Å². The molecule has 0 aromatic heterocycles. The number of hydrogen-bond donors (Lipinski definition) is 3. The number of nitrogens with one attached hydrogen (secondary N) is 2. The standard InChI is InChI=1S/C25H26F6N2O2.CH4O3S/c1-16(17-11-19(24(26,27)28)13-20(12-17)25(29,30)31)35-15-23(18-5-3-2-4-6-18)10-9-22(14-32-23)8-7-21(34)33-22;1-5(2,3)4/h2-6,11-13,16,32H,7-10,14-15H2,1H3,(H,33,34);1H3,(H,2,3,4)/t16-,22-,23-;/m1./s1. The van der Waals surface area contributed by atoms with E-state index in [0.29, 0.717) is 50.6 Å². The molecule has 40 heavy (non-hydrogen) atoms. The van der Waals surface area contributed by atoms with Gasteiger partial charge in [0.2, 0.25) is 5.91 Å².